The molecule has 37 heavy (non-hydrogen) atoms. The van der Waals surface area contributed by atoms with Crippen LogP contribution in [0.25, 0.3) is 10.8 Å². The van der Waals surface area contributed by atoms with E-state index in [2.05, 4.69) is 10.7 Å². The van der Waals surface area contributed by atoms with Gasteiger partial charge >= 0.3 is 5.97 Å². The normalized spacial score (nSPS) is 10.6. The summed E-state index contributed by atoms with van der Waals surface area (Å²) < 4.78 is 6.66. The van der Waals surface area contributed by atoms with Gasteiger partial charge in [0.2, 0.25) is 5.78 Å². The monoisotopic (exact) mass is 497 g/mol. The van der Waals surface area contributed by atoms with E-state index in [0.717, 1.165) is 10.8 Å². The Kier molecular flexibility index (Phi) is 7.78. The number of aromatic nitrogens is 1. The van der Waals surface area contributed by atoms with Crippen LogP contribution >= 0.6 is 0 Å². The molecule has 1 heterocycles. The molecule has 0 aliphatic rings. The zero-order chi connectivity index (χ0) is 26.4. The van der Waals surface area contributed by atoms with Gasteiger partial charge in [0.15, 0.2) is 6.61 Å². The van der Waals surface area contributed by atoms with Crippen molar-refractivity contribution in [2.45, 2.75) is 20.3 Å². The molecule has 0 bridgehead atoms. The van der Waals surface area contributed by atoms with Crippen LogP contribution in [-0.4, -0.2) is 41.4 Å². The highest BCUT2D eigenvalue weighted by Gasteiger charge is 2.19. The number of carbonyl (C=O) groups excluding carboxylic acids is 4. The molecule has 0 saturated heterocycles. The van der Waals surface area contributed by atoms with Crippen LogP contribution in [0.2, 0.25) is 0 Å². The van der Waals surface area contributed by atoms with Crippen molar-refractivity contribution in [1.29, 1.82) is 0 Å². The maximum absolute atomic E-state index is 12.7. The van der Waals surface area contributed by atoms with Crippen LogP contribution in [-0.2, 0) is 9.53 Å². The summed E-state index contributed by atoms with van der Waals surface area (Å²) in [6, 6.07) is 23.5. The second-order valence-electron chi connectivity index (χ2n) is 8.58. The van der Waals surface area contributed by atoms with Crippen molar-refractivity contribution in [3.05, 3.63) is 107 Å². The number of rotatable bonds is 9. The number of carbonyl (C=O) groups is 4. The van der Waals surface area contributed by atoms with E-state index in [1.165, 1.54) is 4.68 Å². The maximum Gasteiger partial charge on any atom is 0.308 e. The van der Waals surface area contributed by atoms with Gasteiger partial charge in [0.1, 0.15) is 0 Å². The molecule has 0 fully saturated rings. The van der Waals surface area contributed by atoms with E-state index >= 15 is 0 Å². The molecule has 0 radical (unpaired) electrons. The van der Waals surface area contributed by atoms with Gasteiger partial charge in [0, 0.05) is 34.6 Å². The summed E-state index contributed by atoms with van der Waals surface area (Å²) in [4.78, 5) is 49.7. The quantitative estimate of drug-likeness (QED) is 0.266. The minimum absolute atomic E-state index is 0.0707. The Labute approximate surface area is 214 Å². The average molecular weight is 498 g/mol. The number of ether oxygens (including phenoxy) is 1. The van der Waals surface area contributed by atoms with Crippen molar-refractivity contribution in [2.75, 3.05) is 18.6 Å². The molecule has 0 spiro atoms. The van der Waals surface area contributed by atoms with Gasteiger partial charge < -0.3 is 10.1 Å². The van der Waals surface area contributed by atoms with Crippen molar-refractivity contribution in [2.24, 2.45) is 0 Å². The zero-order valence-electron chi connectivity index (χ0n) is 20.6. The van der Waals surface area contributed by atoms with Gasteiger partial charge in [-0.15, -0.1) is 0 Å². The van der Waals surface area contributed by atoms with Crippen molar-refractivity contribution in [3.8, 4) is 0 Å². The predicted molar refractivity (Wildman–Crippen MR) is 140 cm³/mol. The highest BCUT2D eigenvalue weighted by molar-refractivity contribution is 6.02. The van der Waals surface area contributed by atoms with Crippen LogP contribution in [0, 0.1) is 13.8 Å². The van der Waals surface area contributed by atoms with Crippen LogP contribution in [0.3, 0.4) is 0 Å². The first-order valence-corrected chi connectivity index (χ1v) is 11.8. The van der Waals surface area contributed by atoms with E-state index < -0.39 is 12.6 Å². The van der Waals surface area contributed by atoms with Crippen LogP contribution in [0.5, 0.6) is 0 Å². The highest BCUT2D eigenvalue weighted by Crippen LogP contribution is 2.16. The first-order chi connectivity index (χ1) is 17.8. The van der Waals surface area contributed by atoms with Crippen molar-refractivity contribution in [1.82, 2.24) is 9.99 Å². The number of hydrogen-bond acceptors (Lipinski definition) is 5. The lowest BCUT2D eigenvalue weighted by Crippen LogP contribution is -2.27. The minimum Gasteiger partial charge on any atom is -0.457 e. The molecular weight excluding hydrogens is 470 g/mol. The summed E-state index contributed by atoms with van der Waals surface area (Å²) in [7, 11) is 0. The second kappa shape index (κ2) is 11.3. The Hall–Kier alpha value is -4.72. The van der Waals surface area contributed by atoms with Crippen LogP contribution in [0.1, 0.15) is 48.9 Å². The molecule has 0 aliphatic carbocycles. The molecule has 1 aromatic heterocycles. The summed E-state index contributed by atoms with van der Waals surface area (Å²) in [5.41, 5.74) is 5.30. The molecule has 8 nitrogen and oxygen atoms in total. The average Bonchev–Trinajstić information content (AvgIpc) is 3.20. The van der Waals surface area contributed by atoms with Crippen LogP contribution in [0.4, 0.5) is 0 Å². The molecule has 0 saturated carbocycles. The van der Waals surface area contributed by atoms with E-state index in [4.69, 9.17) is 4.74 Å². The molecule has 8 heteroatoms. The fourth-order valence-electron chi connectivity index (χ4n) is 3.98. The zero-order valence-corrected chi connectivity index (χ0v) is 20.6. The van der Waals surface area contributed by atoms with E-state index in [0.29, 0.717) is 28.1 Å². The largest absolute Gasteiger partial charge is 0.457 e. The third-order valence-corrected chi connectivity index (χ3v) is 5.97. The van der Waals surface area contributed by atoms with Crippen LogP contribution < -0.4 is 10.7 Å². The number of hydrogen-bond donors (Lipinski definition) is 2. The SMILES string of the molecule is Cc1cc(C(=O)COC(=O)CCNC(=O)c2ccc3ccccc3c2)c(C)n1NC(=O)c1ccccc1. The predicted octanol–water partition coefficient (Wildman–Crippen LogP) is 4.19. The Morgan fingerprint density at radius 2 is 1.49 bits per heavy atom. The third kappa shape index (κ3) is 6.10. The van der Waals surface area contributed by atoms with Crippen molar-refractivity contribution in [3.63, 3.8) is 0 Å². The summed E-state index contributed by atoms with van der Waals surface area (Å²) in [6.45, 7) is 3.11. The molecule has 4 aromatic rings. The first kappa shape index (κ1) is 25.4. The van der Waals surface area contributed by atoms with E-state index in [1.54, 1.807) is 56.3 Å². The van der Waals surface area contributed by atoms with Crippen molar-refractivity contribution >= 4 is 34.3 Å². The topological polar surface area (TPSA) is 106 Å². The van der Waals surface area contributed by atoms with E-state index in [-0.39, 0.29) is 30.6 Å². The van der Waals surface area contributed by atoms with Gasteiger partial charge in [-0.2, -0.15) is 0 Å². The summed E-state index contributed by atoms with van der Waals surface area (Å²) >= 11 is 0. The van der Waals surface area contributed by atoms with Gasteiger partial charge in [0.25, 0.3) is 11.8 Å². The Balaban J connectivity index is 1.26. The maximum atomic E-state index is 12.7. The van der Waals surface area contributed by atoms with Gasteiger partial charge in [-0.3, -0.25) is 29.3 Å². The fourth-order valence-corrected chi connectivity index (χ4v) is 3.98. The Morgan fingerprint density at radius 1 is 0.784 bits per heavy atom. The molecule has 0 aliphatic heterocycles. The van der Waals surface area contributed by atoms with Gasteiger partial charge in [-0.1, -0.05) is 48.5 Å². The molecule has 188 valence electrons. The third-order valence-electron chi connectivity index (χ3n) is 5.97. The standard InChI is InChI=1S/C29H27N3O5/c1-19-16-25(20(2)32(19)31-29(36)22-9-4-3-5-10-22)26(33)18-37-27(34)14-15-30-28(35)24-13-12-21-8-6-7-11-23(21)17-24/h3-13,16-17H,14-15,18H2,1-2H3,(H,30,35)(H,31,36). The Morgan fingerprint density at radius 3 is 2.24 bits per heavy atom. The second-order valence-corrected chi connectivity index (χ2v) is 8.58. The van der Waals surface area contributed by atoms with Gasteiger partial charge in [-0.05, 0) is 55.0 Å². The molecular formula is C29H27N3O5. The smallest absolute Gasteiger partial charge is 0.308 e. The number of Topliss-reactive ketones (excluding diaryl/α,β-unsaturated/α-hetero) is 1. The fraction of sp³-hybridized carbons (Fsp3) is 0.172. The summed E-state index contributed by atoms with van der Waals surface area (Å²) in [5.74, 6) is -1.58. The summed E-state index contributed by atoms with van der Waals surface area (Å²) in [5, 5.41) is 4.68. The van der Waals surface area contributed by atoms with Crippen LogP contribution in [0.15, 0.2) is 78.9 Å². The number of nitrogens with zero attached hydrogens (tertiary/aromatic N) is 1. The number of benzene rings is 3. The molecule has 2 amide bonds. The first-order valence-electron chi connectivity index (χ1n) is 11.8. The van der Waals surface area contributed by atoms with Gasteiger partial charge in [-0.25, -0.2) is 0 Å². The number of ketones is 1. The number of nitrogens with one attached hydrogen (secondary N) is 2. The molecule has 3 aromatic carbocycles. The summed E-state index contributed by atoms with van der Waals surface area (Å²) in [6.07, 6.45) is -0.0707. The number of aryl methyl sites for hydroxylation is 1. The number of amides is 2. The molecule has 0 atom stereocenters. The lowest BCUT2D eigenvalue weighted by molar-refractivity contribution is -0.142. The number of fused-ring (bicyclic) bond motifs is 1. The molecule has 2 N–H and O–H groups in total. The van der Waals surface area contributed by atoms with Crippen molar-refractivity contribution < 1.29 is 23.9 Å². The highest BCUT2D eigenvalue weighted by atomic mass is 16.5. The lowest BCUT2D eigenvalue weighted by Gasteiger charge is -2.11. The minimum atomic E-state index is -0.599. The number of esters is 1. The van der Waals surface area contributed by atoms with E-state index in [1.807, 2.05) is 36.4 Å². The molecule has 0 unspecified atom stereocenters. The van der Waals surface area contributed by atoms with E-state index in [9.17, 15) is 19.2 Å². The lowest BCUT2D eigenvalue weighted by atomic mass is 10.1. The Bertz CT molecular complexity index is 1470. The van der Waals surface area contributed by atoms with Gasteiger partial charge in [0.05, 0.1) is 6.42 Å². The molecule has 4 rings (SSSR count).